The molecule has 0 bridgehead atoms. The van der Waals surface area contributed by atoms with E-state index in [1.807, 2.05) is 6.92 Å². The second-order valence-corrected chi connectivity index (χ2v) is 2.91. The molecule has 0 unspecified atom stereocenters. The Balaban J connectivity index is 2.87. The highest BCUT2D eigenvalue weighted by molar-refractivity contribution is 6.33. The maximum Gasteiger partial charge on any atom is 0.223 e. The molecule has 2 aromatic heterocycles. The summed E-state index contributed by atoms with van der Waals surface area (Å²) in [5.74, 6) is 0.107. The van der Waals surface area contributed by atoms with Gasteiger partial charge in [0.25, 0.3) is 0 Å². The van der Waals surface area contributed by atoms with Gasteiger partial charge in [-0.2, -0.15) is 9.97 Å². The summed E-state index contributed by atoms with van der Waals surface area (Å²) in [5.41, 5.74) is 7.06. The second kappa shape index (κ2) is 2.77. The molecule has 0 amide bonds. The maximum absolute atomic E-state index is 5.80. The van der Waals surface area contributed by atoms with Crippen molar-refractivity contribution in [1.82, 2.24) is 19.9 Å². The van der Waals surface area contributed by atoms with Gasteiger partial charge < -0.3 is 5.73 Å². The Morgan fingerprint density at radius 1 is 1.31 bits per heavy atom. The summed E-state index contributed by atoms with van der Waals surface area (Å²) < 4.78 is 0. The lowest BCUT2D eigenvalue weighted by Crippen LogP contribution is -1.99. The van der Waals surface area contributed by atoms with E-state index in [1.54, 1.807) is 6.20 Å². The van der Waals surface area contributed by atoms with E-state index in [-0.39, 0.29) is 11.1 Å². The van der Waals surface area contributed by atoms with Gasteiger partial charge in [0, 0.05) is 0 Å². The molecule has 0 fully saturated rings. The van der Waals surface area contributed by atoms with Crippen LogP contribution < -0.4 is 5.73 Å². The van der Waals surface area contributed by atoms with Crippen LogP contribution in [-0.2, 0) is 0 Å². The van der Waals surface area contributed by atoms with Gasteiger partial charge in [-0.05, 0) is 6.92 Å². The van der Waals surface area contributed by atoms with Gasteiger partial charge in [-0.25, -0.2) is 9.97 Å². The van der Waals surface area contributed by atoms with Gasteiger partial charge in [0.2, 0.25) is 5.95 Å². The normalized spacial score (nSPS) is 10.6. The van der Waals surface area contributed by atoms with E-state index in [9.17, 15) is 0 Å². The first-order valence-corrected chi connectivity index (χ1v) is 3.97. The smallest absolute Gasteiger partial charge is 0.223 e. The number of nitrogens with two attached hydrogens (primary N) is 1. The number of nitrogen functional groups attached to an aromatic ring is 1. The third-order valence-corrected chi connectivity index (χ3v) is 1.77. The van der Waals surface area contributed by atoms with Crippen molar-refractivity contribution < 1.29 is 0 Å². The number of aromatic nitrogens is 4. The fraction of sp³-hybridized carbons (Fsp3) is 0.143. The molecule has 2 heterocycles. The highest BCUT2D eigenvalue weighted by atomic mass is 35.5. The van der Waals surface area contributed by atoms with Gasteiger partial charge in [-0.3, -0.25) is 0 Å². The van der Waals surface area contributed by atoms with Gasteiger partial charge in [0.05, 0.1) is 11.9 Å². The molecule has 2 aromatic rings. The van der Waals surface area contributed by atoms with E-state index >= 15 is 0 Å². The molecule has 6 heteroatoms. The van der Waals surface area contributed by atoms with Gasteiger partial charge >= 0.3 is 0 Å². The lowest BCUT2D eigenvalue weighted by molar-refractivity contribution is 1.12. The zero-order valence-corrected chi connectivity index (χ0v) is 7.58. The average Bonchev–Trinajstić information content (AvgIpc) is 2.06. The Kier molecular flexibility index (Phi) is 1.73. The minimum absolute atomic E-state index is 0.107. The molecule has 0 aromatic carbocycles. The van der Waals surface area contributed by atoms with Crippen molar-refractivity contribution in [2.75, 3.05) is 5.73 Å². The van der Waals surface area contributed by atoms with Crippen LogP contribution in [0, 0.1) is 6.92 Å². The summed E-state index contributed by atoms with van der Waals surface area (Å²) in [6, 6.07) is 0. The topological polar surface area (TPSA) is 77.6 Å². The summed E-state index contributed by atoms with van der Waals surface area (Å²) in [7, 11) is 0. The summed E-state index contributed by atoms with van der Waals surface area (Å²) in [6.07, 6.45) is 1.60. The molecule has 0 spiro atoms. The maximum atomic E-state index is 5.80. The lowest BCUT2D eigenvalue weighted by Gasteiger charge is -1.99. The van der Waals surface area contributed by atoms with Crippen molar-refractivity contribution in [1.29, 1.82) is 0 Å². The Hall–Kier alpha value is -1.49. The van der Waals surface area contributed by atoms with Gasteiger partial charge in [-0.15, -0.1) is 0 Å². The number of halogens is 1. The van der Waals surface area contributed by atoms with E-state index in [4.69, 9.17) is 17.3 Å². The van der Waals surface area contributed by atoms with E-state index in [1.165, 1.54) is 0 Å². The van der Waals surface area contributed by atoms with Crippen molar-refractivity contribution in [3.05, 3.63) is 17.0 Å². The molecule has 0 atom stereocenters. The molecular formula is C7H6ClN5. The molecule has 0 aliphatic carbocycles. The average molecular weight is 196 g/mol. The molecule has 2 rings (SSSR count). The number of hydrogen-bond acceptors (Lipinski definition) is 5. The van der Waals surface area contributed by atoms with Crippen LogP contribution in [0.2, 0.25) is 5.15 Å². The first-order valence-electron chi connectivity index (χ1n) is 3.59. The van der Waals surface area contributed by atoms with Crippen molar-refractivity contribution >= 4 is 28.7 Å². The van der Waals surface area contributed by atoms with Crippen LogP contribution >= 0.6 is 11.6 Å². The Bertz CT molecular complexity index is 470. The number of anilines is 1. The van der Waals surface area contributed by atoms with E-state index in [0.29, 0.717) is 11.2 Å². The van der Waals surface area contributed by atoms with Gasteiger partial charge in [0.1, 0.15) is 5.52 Å². The lowest BCUT2D eigenvalue weighted by atomic mass is 10.4. The number of rotatable bonds is 0. The zero-order chi connectivity index (χ0) is 9.42. The summed E-state index contributed by atoms with van der Waals surface area (Å²) >= 11 is 5.80. The number of aryl methyl sites for hydroxylation is 1. The fourth-order valence-corrected chi connectivity index (χ4v) is 1.19. The minimum Gasteiger partial charge on any atom is -0.368 e. The quantitative estimate of drug-likeness (QED) is 0.634. The standard InChI is InChI=1S/C7H6ClN5/c1-3-2-10-6-4(11-3)5(8)12-7(9)13-6/h2H,1H3,(H2,9,10,12,13). The first-order chi connectivity index (χ1) is 6.16. The molecule has 0 saturated heterocycles. The highest BCUT2D eigenvalue weighted by Crippen LogP contribution is 2.16. The van der Waals surface area contributed by atoms with Crippen LogP contribution in [0.15, 0.2) is 6.20 Å². The van der Waals surface area contributed by atoms with Crippen LogP contribution in [0.25, 0.3) is 11.2 Å². The first kappa shape index (κ1) is 8.12. The van der Waals surface area contributed by atoms with E-state index in [0.717, 1.165) is 5.69 Å². The van der Waals surface area contributed by atoms with Crippen LogP contribution in [-0.4, -0.2) is 19.9 Å². The number of hydrogen-bond donors (Lipinski definition) is 1. The van der Waals surface area contributed by atoms with Crippen LogP contribution in [0.5, 0.6) is 0 Å². The minimum atomic E-state index is 0.107. The van der Waals surface area contributed by atoms with Crippen molar-refractivity contribution in [2.24, 2.45) is 0 Å². The summed E-state index contributed by atoms with van der Waals surface area (Å²) in [5, 5.41) is 0.235. The molecule has 5 nitrogen and oxygen atoms in total. The third kappa shape index (κ3) is 1.38. The Morgan fingerprint density at radius 3 is 2.85 bits per heavy atom. The predicted octanol–water partition coefficient (Wildman–Crippen LogP) is 0.964. The zero-order valence-electron chi connectivity index (χ0n) is 6.82. The van der Waals surface area contributed by atoms with Crippen LogP contribution in [0.1, 0.15) is 5.69 Å². The molecule has 13 heavy (non-hydrogen) atoms. The SMILES string of the molecule is Cc1cnc2nc(N)nc(Cl)c2n1. The van der Waals surface area contributed by atoms with E-state index < -0.39 is 0 Å². The largest absolute Gasteiger partial charge is 0.368 e. The second-order valence-electron chi connectivity index (χ2n) is 2.56. The molecule has 0 aliphatic heterocycles. The van der Waals surface area contributed by atoms with Crippen molar-refractivity contribution in [2.45, 2.75) is 6.92 Å². The fourth-order valence-electron chi connectivity index (χ4n) is 0.978. The van der Waals surface area contributed by atoms with Crippen LogP contribution in [0.3, 0.4) is 0 Å². The Morgan fingerprint density at radius 2 is 2.08 bits per heavy atom. The third-order valence-electron chi connectivity index (χ3n) is 1.50. The summed E-state index contributed by atoms with van der Waals surface area (Å²) in [4.78, 5) is 15.8. The number of nitrogens with zero attached hydrogens (tertiary/aromatic N) is 4. The predicted molar refractivity (Wildman–Crippen MR) is 49.3 cm³/mol. The molecule has 0 saturated carbocycles. The number of fused-ring (bicyclic) bond motifs is 1. The Labute approximate surface area is 79.0 Å². The molecule has 0 radical (unpaired) electrons. The highest BCUT2D eigenvalue weighted by Gasteiger charge is 2.05. The molecule has 0 aliphatic rings. The van der Waals surface area contributed by atoms with Gasteiger partial charge in [0.15, 0.2) is 10.8 Å². The van der Waals surface area contributed by atoms with E-state index in [2.05, 4.69) is 19.9 Å². The monoisotopic (exact) mass is 195 g/mol. The molecule has 2 N–H and O–H groups in total. The van der Waals surface area contributed by atoms with Crippen molar-refractivity contribution in [3.63, 3.8) is 0 Å². The van der Waals surface area contributed by atoms with Gasteiger partial charge in [-0.1, -0.05) is 11.6 Å². The van der Waals surface area contributed by atoms with Crippen molar-refractivity contribution in [3.8, 4) is 0 Å². The summed E-state index contributed by atoms with van der Waals surface area (Å²) in [6.45, 7) is 1.82. The molecule has 66 valence electrons. The molecular weight excluding hydrogens is 190 g/mol. The van der Waals surface area contributed by atoms with Crippen LogP contribution in [0.4, 0.5) is 5.95 Å².